The molecule has 0 aliphatic carbocycles. The molecule has 88 valence electrons. The van der Waals surface area contributed by atoms with Gasteiger partial charge < -0.3 is 22.3 Å². The molecule has 1 rings (SSSR count). The number of carboxylic acid groups (broad SMARTS) is 1. The van der Waals surface area contributed by atoms with Crippen LogP contribution in [0.1, 0.15) is 5.56 Å². The normalized spacial score (nSPS) is 10.8. The van der Waals surface area contributed by atoms with Crippen LogP contribution < -0.4 is 17.2 Å². The van der Waals surface area contributed by atoms with Crippen molar-refractivity contribution in [3.63, 3.8) is 0 Å². The minimum atomic E-state index is -0.959. The van der Waals surface area contributed by atoms with Gasteiger partial charge in [0.25, 0.3) is 0 Å². The molecule has 0 aromatic heterocycles. The molecule has 6 heteroatoms. The number of nitrogens with one attached hydrogen (secondary N) is 1. The molecule has 0 aliphatic heterocycles. The lowest BCUT2D eigenvalue weighted by Crippen LogP contribution is -2.32. The summed E-state index contributed by atoms with van der Waals surface area (Å²) < 4.78 is 0. The lowest BCUT2D eigenvalue weighted by molar-refractivity contribution is -0.138. The van der Waals surface area contributed by atoms with Crippen molar-refractivity contribution in [1.29, 1.82) is 5.41 Å². The van der Waals surface area contributed by atoms with E-state index in [1.165, 1.54) is 0 Å². The van der Waals surface area contributed by atoms with E-state index in [1.807, 2.05) is 30.3 Å². The van der Waals surface area contributed by atoms with E-state index in [9.17, 15) is 4.79 Å². The maximum Gasteiger partial charge on any atom is 0.320 e. The number of guanidine groups is 1. The van der Waals surface area contributed by atoms with Crippen LogP contribution >= 0.6 is 0 Å². The number of rotatable bonds is 3. The highest BCUT2D eigenvalue weighted by Gasteiger charge is 2.10. The maximum absolute atomic E-state index is 10.4. The van der Waals surface area contributed by atoms with E-state index in [0.29, 0.717) is 6.42 Å². The van der Waals surface area contributed by atoms with Gasteiger partial charge in [-0.05, 0) is 12.0 Å². The van der Waals surface area contributed by atoms with Gasteiger partial charge in [-0.25, -0.2) is 0 Å². The summed E-state index contributed by atoms with van der Waals surface area (Å²) in [5.41, 5.74) is 15.2. The SMILES string of the molecule is N=C(N)N.N[C@@H](Cc1ccccc1)C(=O)O. The molecule has 0 bridgehead atoms. The summed E-state index contributed by atoms with van der Waals surface area (Å²) in [4.78, 5) is 10.4. The first-order valence-corrected chi connectivity index (χ1v) is 4.55. The second kappa shape index (κ2) is 7.24. The molecular formula is C10H16N4O2. The van der Waals surface area contributed by atoms with E-state index >= 15 is 0 Å². The zero-order chi connectivity index (χ0) is 12.6. The standard InChI is InChI=1S/C9H11NO2.CH5N3/c10-8(9(11)12)6-7-4-2-1-3-5-7;2-1(3)4/h1-5,8H,6,10H2,(H,11,12);(H5,2,3,4)/t8-;/m0./s1. The van der Waals surface area contributed by atoms with Crippen molar-refractivity contribution < 1.29 is 9.90 Å². The zero-order valence-corrected chi connectivity index (χ0v) is 8.76. The Kier molecular flexibility index (Phi) is 6.30. The molecule has 0 amide bonds. The van der Waals surface area contributed by atoms with Gasteiger partial charge in [0, 0.05) is 0 Å². The molecule has 0 saturated carbocycles. The lowest BCUT2D eigenvalue weighted by Gasteiger charge is -2.04. The average molecular weight is 224 g/mol. The quantitative estimate of drug-likeness (QED) is 0.347. The zero-order valence-electron chi connectivity index (χ0n) is 8.76. The highest BCUT2D eigenvalue weighted by molar-refractivity contribution is 5.73. The molecule has 0 spiro atoms. The number of carbonyl (C=O) groups is 1. The number of hydrogen-bond donors (Lipinski definition) is 5. The highest BCUT2D eigenvalue weighted by Crippen LogP contribution is 2.01. The number of hydrogen-bond acceptors (Lipinski definition) is 3. The van der Waals surface area contributed by atoms with Gasteiger partial charge in [0.1, 0.15) is 6.04 Å². The van der Waals surface area contributed by atoms with Gasteiger partial charge >= 0.3 is 5.97 Å². The Balaban J connectivity index is 0.000000487. The maximum atomic E-state index is 10.4. The van der Waals surface area contributed by atoms with Gasteiger partial charge in [0.2, 0.25) is 0 Å². The minimum absolute atomic E-state index is 0.333. The van der Waals surface area contributed by atoms with E-state index in [4.69, 9.17) is 16.2 Å². The lowest BCUT2D eigenvalue weighted by atomic mass is 10.1. The summed E-state index contributed by atoms with van der Waals surface area (Å²) in [6.07, 6.45) is 0.385. The van der Waals surface area contributed by atoms with Crippen LogP contribution in [0.25, 0.3) is 0 Å². The van der Waals surface area contributed by atoms with Crippen molar-refractivity contribution in [3.8, 4) is 0 Å². The summed E-state index contributed by atoms with van der Waals surface area (Å²) in [6, 6.07) is 8.54. The van der Waals surface area contributed by atoms with E-state index in [0.717, 1.165) is 5.56 Å². The Hall–Kier alpha value is -2.08. The Labute approximate surface area is 93.6 Å². The molecule has 0 saturated heterocycles. The summed E-state index contributed by atoms with van der Waals surface area (Å²) in [5.74, 6) is -1.29. The minimum Gasteiger partial charge on any atom is -0.480 e. The van der Waals surface area contributed by atoms with Crippen LogP contribution in [0.15, 0.2) is 30.3 Å². The fourth-order valence-electron chi connectivity index (χ4n) is 0.955. The Morgan fingerprint density at radius 1 is 1.31 bits per heavy atom. The number of carboxylic acids is 1. The molecule has 0 unspecified atom stereocenters. The van der Waals surface area contributed by atoms with Crippen molar-refractivity contribution >= 4 is 11.9 Å². The highest BCUT2D eigenvalue weighted by atomic mass is 16.4. The average Bonchev–Trinajstić information content (AvgIpc) is 2.18. The van der Waals surface area contributed by atoms with Crippen molar-refractivity contribution in [1.82, 2.24) is 0 Å². The smallest absolute Gasteiger partial charge is 0.320 e. The summed E-state index contributed by atoms with van der Waals surface area (Å²) in [7, 11) is 0. The van der Waals surface area contributed by atoms with E-state index in [-0.39, 0.29) is 5.96 Å². The molecule has 1 aromatic carbocycles. The first kappa shape index (κ1) is 13.9. The first-order valence-electron chi connectivity index (χ1n) is 4.55. The van der Waals surface area contributed by atoms with Crippen LogP contribution in [0.5, 0.6) is 0 Å². The van der Waals surface area contributed by atoms with Gasteiger partial charge in [-0.1, -0.05) is 30.3 Å². The molecule has 0 fully saturated rings. The fourth-order valence-corrected chi connectivity index (χ4v) is 0.955. The molecular weight excluding hydrogens is 208 g/mol. The van der Waals surface area contributed by atoms with Crippen LogP contribution in [0.3, 0.4) is 0 Å². The number of nitrogens with two attached hydrogens (primary N) is 3. The van der Waals surface area contributed by atoms with E-state index < -0.39 is 12.0 Å². The predicted molar refractivity (Wildman–Crippen MR) is 61.9 cm³/mol. The van der Waals surface area contributed by atoms with Gasteiger partial charge in [-0.3, -0.25) is 10.2 Å². The second-order valence-corrected chi connectivity index (χ2v) is 3.09. The summed E-state index contributed by atoms with van der Waals surface area (Å²) in [5, 5.41) is 14.6. The van der Waals surface area contributed by atoms with Gasteiger partial charge in [0.15, 0.2) is 5.96 Å². The predicted octanol–water partition coefficient (Wildman–Crippen LogP) is -0.520. The van der Waals surface area contributed by atoms with Crippen LogP contribution in [-0.4, -0.2) is 23.1 Å². The van der Waals surface area contributed by atoms with Crippen LogP contribution in [0, 0.1) is 5.41 Å². The molecule has 1 aromatic rings. The van der Waals surface area contributed by atoms with Gasteiger partial charge in [-0.15, -0.1) is 0 Å². The van der Waals surface area contributed by atoms with E-state index in [2.05, 4.69) is 11.5 Å². The first-order chi connectivity index (χ1) is 7.43. The van der Waals surface area contributed by atoms with Crippen LogP contribution in [0.4, 0.5) is 0 Å². The van der Waals surface area contributed by atoms with Crippen molar-refractivity contribution in [3.05, 3.63) is 35.9 Å². The Morgan fingerprint density at radius 2 is 1.75 bits per heavy atom. The largest absolute Gasteiger partial charge is 0.480 e. The fraction of sp³-hybridized carbons (Fsp3) is 0.200. The monoisotopic (exact) mass is 224 g/mol. The molecule has 6 nitrogen and oxygen atoms in total. The Bertz CT molecular complexity index is 336. The molecule has 1 atom stereocenters. The molecule has 8 N–H and O–H groups in total. The molecule has 0 radical (unpaired) electrons. The van der Waals surface area contributed by atoms with Crippen LogP contribution in [0.2, 0.25) is 0 Å². The van der Waals surface area contributed by atoms with Crippen LogP contribution in [-0.2, 0) is 11.2 Å². The Morgan fingerprint density at radius 3 is 2.12 bits per heavy atom. The summed E-state index contributed by atoms with van der Waals surface area (Å²) >= 11 is 0. The second-order valence-electron chi connectivity index (χ2n) is 3.09. The summed E-state index contributed by atoms with van der Waals surface area (Å²) in [6.45, 7) is 0. The van der Waals surface area contributed by atoms with E-state index in [1.54, 1.807) is 0 Å². The van der Waals surface area contributed by atoms with Gasteiger partial charge in [0.05, 0.1) is 0 Å². The van der Waals surface area contributed by atoms with Crippen molar-refractivity contribution in [2.45, 2.75) is 12.5 Å². The van der Waals surface area contributed by atoms with Gasteiger partial charge in [-0.2, -0.15) is 0 Å². The van der Waals surface area contributed by atoms with Crippen molar-refractivity contribution in [2.75, 3.05) is 0 Å². The molecule has 0 aliphatic rings. The number of benzene rings is 1. The third-order valence-electron chi connectivity index (χ3n) is 1.62. The third-order valence-corrected chi connectivity index (χ3v) is 1.62. The molecule has 0 heterocycles. The molecule has 16 heavy (non-hydrogen) atoms. The third kappa shape index (κ3) is 7.34. The number of aliphatic carboxylic acids is 1. The van der Waals surface area contributed by atoms with Crippen molar-refractivity contribution in [2.24, 2.45) is 17.2 Å². The topological polar surface area (TPSA) is 139 Å².